The summed E-state index contributed by atoms with van der Waals surface area (Å²) >= 11 is 6.71. The maximum Gasteiger partial charge on any atom is 0.307 e. The van der Waals surface area contributed by atoms with Gasteiger partial charge in [-0.15, -0.1) is 0 Å². The second-order valence-electron chi connectivity index (χ2n) is 14.0. The van der Waals surface area contributed by atoms with Crippen molar-refractivity contribution in [1.82, 2.24) is 19.8 Å². The van der Waals surface area contributed by atoms with Gasteiger partial charge in [0.05, 0.1) is 24.7 Å². The monoisotopic (exact) mass is 719 g/mol. The van der Waals surface area contributed by atoms with E-state index in [0.717, 1.165) is 51.8 Å². The fourth-order valence-corrected chi connectivity index (χ4v) is 8.10. The van der Waals surface area contributed by atoms with E-state index in [0.29, 0.717) is 85.0 Å². The average molecular weight is 720 g/mol. The Labute approximate surface area is 306 Å². The molecule has 4 heterocycles. The number of hydrogen-bond donors (Lipinski definition) is 2. The van der Waals surface area contributed by atoms with Gasteiger partial charge in [0.15, 0.2) is 5.58 Å². The first-order chi connectivity index (χ1) is 25.2. The lowest BCUT2D eigenvalue weighted by molar-refractivity contribution is -0.141. The van der Waals surface area contributed by atoms with Gasteiger partial charge in [0.25, 0.3) is 0 Å². The van der Waals surface area contributed by atoms with E-state index < -0.39 is 5.97 Å². The molecule has 8 rings (SSSR count). The minimum absolute atomic E-state index is 0.240. The molecule has 2 fully saturated rings. The summed E-state index contributed by atoms with van der Waals surface area (Å²) in [7, 11) is 1.58. The maximum atomic E-state index is 11.5. The van der Waals surface area contributed by atoms with Gasteiger partial charge in [-0.1, -0.05) is 41.9 Å². The lowest BCUT2D eigenvalue weighted by atomic mass is 9.91. The summed E-state index contributed by atoms with van der Waals surface area (Å²) in [5.41, 5.74) is 9.46. The number of hydrogen-bond acceptors (Lipinski definition) is 10. The molecule has 2 N–H and O–H groups in total. The van der Waals surface area contributed by atoms with Crippen LogP contribution in [0.2, 0.25) is 5.02 Å². The first-order valence-corrected chi connectivity index (χ1v) is 17.9. The third-order valence-corrected chi connectivity index (χ3v) is 10.8. The Balaban J connectivity index is 1.06. The lowest BCUT2D eigenvalue weighted by Crippen LogP contribution is -2.49. The van der Waals surface area contributed by atoms with Crippen molar-refractivity contribution in [3.8, 4) is 40.4 Å². The predicted molar refractivity (Wildman–Crippen MR) is 194 cm³/mol. The molecular formula is C40H38ClN5O6. The molecule has 0 radical (unpaired) electrons. The molecule has 2 aromatic heterocycles. The van der Waals surface area contributed by atoms with Crippen LogP contribution >= 0.6 is 11.6 Å². The van der Waals surface area contributed by atoms with Gasteiger partial charge in [-0.2, -0.15) is 10.2 Å². The van der Waals surface area contributed by atoms with Gasteiger partial charge in [0, 0.05) is 43.9 Å². The number of likely N-dealkylation sites (tertiary alicyclic amines) is 2. The Hall–Kier alpha value is -4.99. The number of carboxylic acid groups (broad SMARTS) is 1. The molecule has 0 amide bonds. The average Bonchev–Trinajstić information content (AvgIpc) is 3.87. The summed E-state index contributed by atoms with van der Waals surface area (Å²) in [6.45, 7) is 5.59. The Morgan fingerprint density at radius 1 is 1.02 bits per heavy atom. The molecule has 0 bridgehead atoms. The predicted octanol–water partition coefficient (Wildman–Crippen LogP) is 6.55. The number of nitrogens with zero attached hydrogens (tertiary/aromatic N) is 5. The Morgan fingerprint density at radius 3 is 2.56 bits per heavy atom. The minimum Gasteiger partial charge on any atom is -0.481 e. The van der Waals surface area contributed by atoms with Crippen LogP contribution in [0.5, 0.6) is 11.8 Å². The van der Waals surface area contributed by atoms with Gasteiger partial charge in [-0.3, -0.25) is 14.6 Å². The number of oxazole rings is 1. The molecule has 1 aliphatic carbocycles. The SMILES string of the molecule is COc1nc(O[C@H]2CCc3c(-c4cccc(-c5nc6cc(CN7CC[C@H](C(=O)O)C7)cc(C#N)c6o5)c4C)cccc32)c(Cl)cc1CN1CC(O)C1. The zero-order chi connectivity index (χ0) is 36.1. The summed E-state index contributed by atoms with van der Waals surface area (Å²) in [5, 5.41) is 29.5. The third kappa shape index (κ3) is 6.37. The van der Waals surface area contributed by atoms with E-state index in [-0.39, 0.29) is 18.1 Å². The lowest BCUT2D eigenvalue weighted by Gasteiger charge is -2.35. The molecule has 0 spiro atoms. The van der Waals surface area contributed by atoms with Gasteiger partial charge in [-0.25, -0.2) is 4.98 Å². The molecule has 2 saturated heterocycles. The number of carbonyl (C=O) groups is 1. The number of aromatic nitrogens is 2. The Morgan fingerprint density at radius 2 is 1.81 bits per heavy atom. The van der Waals surface area contributed by atoms with E-state index in [1.807, 2.05) is 36.4 Å². The number of fused-ring (bicyclic) bond motifs is 2. The van der Waals surface area contributed by atoms with Crippen molar-refractivity contribution in [1.29, 1.82) is 5.26 Å². The van der Waals surface area contributed by atoms with Crippen LogP contribution in [0.25, 0.3) is 33.7 Å². The van der Waals surface area contributed by atoms with Crippen LogP contribution in [0.4, 0.5) is 0 Å². The van der Waals surface area contributed by atoms with E-state index in [2.05, 4.69) is 46.0 Å². The second-order valence-corrected chi connectivity index (χ2v) is 14.4. The largest absolute Gasteiger partial charge is 0.481 e. The third-order valence-electron chi connectivity index (χ3n) is 10.5. The first-order valence-electron chi connectivity index (χ1n) is 17.5. The van der Waals surface area contributed by atoms with Gasteiger partial charge in [0.1, 0.15) is 22.7 Å². The number of carboxylic acids is 1. The number of methoxy groups -OCH3 is 1. The van der Waals surface area contributed by atoms with Gasteiger partial charge < -0.3 is 24.1 Å². The molecule has 2 atom stereocenters. The van der Waals surface area contributed by atoms with E-state index in [4.69, 9.17) is 30.5 Å². The second kappa shape index (κ2) is 13.9. The smallest absolute Gasteiger partial charge is 0.307 e. The summed E-state index contributed by atoms with van der Waals surface area (Å²) in [4.78, 5) is 25.2. The summed E-state index contributed by atoms with van der Waals surface area (Å²) < 4.78 is 18.4. The number of ether oxygens (including phenoxy) is 2. The van der Waals surface area contributed by atoms with E-state index in [1.165, 1.54) is 5.56 Å². The van der Waals surface area contributed by atoms with E-state index in [1.54, 1.807) is 7.11 Å². The first kappa shape index (κ1) is 34.1. The van der Waals surface area contributed by atoms with Crippen LogP contribution in [0.1, 0.15) is 52.3 Å². The fourth-order valence-electron chi connectivity index (χ4n) is 7.88. The molecule has 2 aliphatic heterocycles. The number of aliphatic hydroxyl groups is 1. The standard InChI is InChI=1S/C40H38ClN5O6/c1-22-28(5-3-6-29(22)38-43-34-14-23(13-25(16-42)36(34)52-38)17-45-12-11-24(18-45)40(48)49)30-7-4-8-32-31(30)9-10-35(32)51-39-33(41)15-26(37(44-39)50-2)19-46-20-27(47)21-46/h3-8,13-15,24,27,35,47H,9-12,17-21H2,1-2H3,(H,48,49)/t24-,35-/m0/s1. The van der Waals surface area contributed by atoms with Crippen LogP contribution in [-0.4, -0.2) is 75.3 Å². The zero-order valence-electron chi connectivity index (χ0n) is 28.9. The molecule has 0 saturated carbocycles. The Kier molecular flexibility index (Phi) is 9.09. The molecule has 3 aromatic carbocycles. The van der Waals surface area contributed by atoms with Crippen LogP contribution in [0.15, 0.2) is 59.0 Å². The number of aliphatic hydroxyl groups excluding tert-OH is 1. The van der Waals surface area contributed by atoms with Crippen molar-refractivity contribution in [2.24, 2.45) is 5.92 Å². The van der Waals surface area contributed by atoms with Crippen LogP contribution in [0, 0.1) is 24.2 Å². The van der Waals surface area contributed by atoms with Gasteiger partial charge in [-0.05, 0) is 90.4 Å². The highest BCUT2D eigenvalue weighted by molar-refractivity contribution is 6.31. The molecule has 5 aromatic rings. The maximum absolute atomic E-state index is 11.5. The number of pyridine rings is 1. The zero-order valence-corrected chi connectivity index (χ0v) is 29.7. The van der Waals surface area contributed by atoms with Gasteiger partial charge in [0.2, 0.25) is 17.7 Å². The normalized spacial score (nSPS) is 19.1. The topological polar surface area (TPSA) is 145 Å². The summed E-state index contributed by atoms with van der Waals surface area (Å²) in [6.07, 6.45) is 1.65. The highest BCUT2D eigenvalue weighted by Crippen LogP contribution is 2.43. The van der Waals surface area contributed by atoms with E-state index in [9.17, 15) is 20.3 Å². The number of halogens is 1. The summed E-state index contributed by atoms with van der Waals surface area (Å²) in [5.74, 6) is 0.0822. The number of β-amino-alcohol motifs (C(OH)–C–C–N with tert-alkyl or cyclic N) is 1. The minimum atomic E-state index is -0.770. The van der Waals surface area contributed by atoms with Crippen molar-refractivity contribution in [3.63, 3.8) is 0 Å². The van der Waals surface area contributed by atoms with Crippen molar-refractivity contribution in [2.75, 3.05) is 33.3 Å². The number of aliphatic carboxylic acids is 1. The number of benzene rings is 3. The quantitative estimate of drug-likeness (QED) is 0.162. The molecule has 11 nitrogen and oxygen atoms in total. The molecule has 266 valence electrons. The molecule has 0 unspecified atom stereocenters. The highest BCUT2D eigenvalue weighted by atomic mass is 35.5. The van der Waals surface area contributed by atoms with Crippen molar-refractivity contribution < 1.29 is 28.9 Å². The van der Waals surface area contributed by atoms with Crippen molar-refractivity contribution >= 4 is 28.7 Å². The van der Waals surface area contributed by atoms with Gasteiger partial charge >= 0.3 is 5.97 Å². The van der Waals surface area contributed by atoms with Crippen molar-refractivity contribution in [2.45, 2.75) is 51.5 Å². The number of nitriles is 1. The highest BCUT2D eigenvalue weighted by Gasteiger charge is 2.31. The Bertz CT molecular complexity index is 2240. The number of rotatable bonds is 10. The van der Waals surface area contributed by atoms with Crippen LogP contribution < -0.4 is 9.47 Å². The van der Waals surface area contributed by atoms with Crippen LogP contribution in [0.3, 0.4) is 0 Å². The van der Waals surface area contributed by atoms with Crippen molar-refractivity contribution in [3.05, 3.63) is 93.0 Å². The molecule has 52 heavy (non-hydrogen) atoms. The fraction of sp³-hybridized carbons (Fsp3) is 0.350. The van der Waals surface area contributed by atoms with Crippen LogP contribution in [-0.2, 0) is 24.3 Å². The molecule has 3 aliphatic rings. The molecule has 12 heteroatoms. The van der Waals surface area contributed by atoms with E-state index >= 15 is 0 Å². The summed E-state index contributed by atoms with van der Waals surface area (Å²) in [6, 6.07) is 20.2. The molecular weight excluding hydrogens is 682 g/mol.